The molecule has 0 fully saturated rings. The maximum Gasteiger partial charge on any atom is 0.259 e. The topological polar surface area (TPSA) is 94.2 Å². The molecule has 0 atom stereocenters. The number of carbonyl (C=O) groups excluding carboxylic acids is 1. The van der Waals surface area contributed by atoms with Gasteiger partial charge in [0.15, 0.2) is 0 Å². The third kappa shape index (κ3) is 5.94. The van der Waals surface area contributed by atoms with Crippen molar-refractivity contribution in [3.05, 3.63) is 48.0 Å². The van der Waals surface area contributed by atoms with Gasteiger partial charge in [-0.15, -0.1) is 0 Å². The minimum atomic E-state index is -3.76. The van der Waals surface area contributed by atoms with E-state index >= 15 is 0 Å². The molecule has 0 saturated heterocycles. The number of rotatable bonds is 11. The van der Waals surface area contributed by atoms with Crippen molar-refractivity contribution in [2.45, 2.75) is 18.7 Å². The van der Waals surface area contributed by atoms with Crippen molar-refractivity contribution in [3.63, 3.8) is 0 Å². The van der Waals surface area contributed by atoms with Crippen LogP contribution in [-0.4, -0.2) is 59.2 Å². The first-order chi connectivity index (χ1) is 14.3. The number of nitrogens with zero attached hydrogens (tertiary/aromatic N) is 1. The summed E-state index contributed by atoms with van der Waals surface area (Å²) in [6.07, 6.45) is 0. The normalized spacial score (nSPS) is 11.4. The van der Waals surface area contributed by atoms with E-state index in [1.165, 1.54) is 26.2 Å². The van der Waals surface area contributed by atoms with E-state index in [1.807, 2.05) is 6.92 Å². The number of carbonyl (C=O) groups is 1. The Morgan fingerprint density at radius 1 is 0.967 bits per heavy atom. The summed E-state index contributed by atoms with van der Waals surface area (Å²) < 4.78 is 42.8. The number of benzene rings is 2. The van der Waals surface area contributed by atoms with Crippen LogP contribution in [0.1, 0.15) is 24.2 Å². The Morgan fingerprint density at radius 2 is 1.70 bits per heavy atom. The molecule has 0 bridgehead atoms. The molecule has 2 rings (SSSR count). The zero-order chi connectivity index (χ0) is 22.1. The SMILES string of the molecule is CCOCCOc1ccccc1C(=O)Nc1ccc(OCC)c(S(=O)(=O)N(C)C)c1. The lowest BCUT2D eigenvalue weighted by atomic mass is 10.2. The molecule has 164 valence electrons. The molecule has 1 N–H and O–H groups in total. The standard InChI is InChI=1S/C21H28N2O6S/c1-5-27-13-14-29-18-10-8-7-9-17(18)21(24)22-16-11-12-19(28-6-2)20(15-16)30(25,26)23(3)4/h7-12,15H,5-6,13-14H2,1-4H3,(H,22,24). The Balaban J connectivity index is 2.27. The number of amides is 1. The zero-order valence-electron chi connectivity index (χ0n) is 17.7. The fourth-order valence-corrected chi connectivity index (χ4v) is 3.64. The number of hydrogen-bond acceptors (Lipinski definition) is 6. The lowest BCUT2D eigenvalue weighted by Crippen LogP contribution is -2.23. The van der Waals surface area contributed by atoms with Crippen LogP contribution >= 0.6 is 0 Å². The molecule has 8 nitrogen and oxygen atoms in total. The molecule has 2 aromatic rings. The van der Waals surface area contributed by atoms with Gasteiger partial charge in [-0.3, -0.25) is 4.79 Å². The molecule has 0 aliphatic heterocycles. The van der Waals surface area contributed by atoms with E-state index in [0.717, 1.165) is 4.31 Å². The van der Waals surface area contributed by atoms with Gasteiger partial charge < -0.3 is 19.5 Å². The smallest absolute Gasteiger partial charge is 0.259 e. The van der Waals surface area contributed by atoms with Crippen molar-refractivity contribution in [1.29, 1.82) is 0 Å². The second-order valence-corrected chi connectivity index (χ2v) is 8.50. The molecular weight excluding hydrogens is 408 g/mol. The Kier molecular flexibility index (Phi) is 8.64. The van der Waals surface area contributed by atoms with E-state index in [9.17, 15) is 13.2 Å². The quantitative estimate of drug-likeness (QED) is 0.544. The second-order valence-electron chi connectivity index (χ2n) is 6.38. The maximum absolute atomic E-state index is 12.8. The molecule has 0 saturated carbocycles. The summed E-state index contributed by atoms with van der Waals surface area (Å²) in [6, 6.07) is 11.3. The molecule has 0 unspecified atom stereocenters. The minimum Gasteiger partial charge on any atom is -0.492 e. The first kappa shape index (κ1) is 23.7. The largest absolute Gasteiger partial charge is 0.492 e. The third-order valence-corrected chi connectivity index (χ3v) is 5.92. The summed E-state index contributed by atoms with van der Waals surface area (Å²) in [5.41, 5.74) is 0.660. The highest BCUT2D eigenvalue weighted by atomic mass is 32.2. The Morgan fingerprint density at radius 3 is 2.37 bits per heavy atom. The molecule has 0 heterocycles. The molecule has 30 heavy (non-hydrogen) atoms. The van der Waals surface area contributed by atoms with E-state index in [-0.39, 0.29) is 10.6 Å². The van der Waals surface area contributed by atoms with Crippen LogP contribution in [0.15, 0.2) is 47.4 Å². The van der Waals surface area contributed by atoms with Gasteiger partial charge in [-0.2, -0.15) is 0 Å². The molecule has 0 aromatic heterocycles. The van der Waals surface area contributed by atoms with Gasteiger partial charge in [0.05, 0.1) is 18.8 Å². The van der Waals surface area contributed by atoms with E-state index in [1.54, 1.807) is 37.3 Å². The fourth-order valence-electron chi connectivity index (χ4n) is 2.59. The van der Waals surface area contributed by atoms with Crippen LogP contribution in [0.3, 0.4) is 0 Å². The maximum atomic E-state index is 12.8. The lowest BCUT2D eigenvalue weighted by molar-refractivity contribution is 0.0998. The number of anilines is 1. The summed E-state index contributed by atoms with van der Waals surface area (Å²) in [4.78, 5) is 12.8. The molecule has 1 amide bonds. The first-order valence-corrected chi connectivity index (χ1v) is 11.1. The minimum absolute atomic E-state index is 0.0200. The summed E-state index contributed by atoms with van der Waals surface area (Å²) in [7, 11) is -0.887. The number of nitrogens with one attached hydrogen (secondary N) is 1. The van der Waals surface area contributed by atoms with Crippen molar-refractivity contribution in [1.82, 2.24) is 4.31 Å². The molecule has 0 aliphatic rings. The van der Waals surface area contributed by atoms with Crippen LogP contribution in [0.4, 0.5) is 5.69 Å². The van der Waals surface area contributed by atoms with Crippen molar-refractivity contribution in [2.24, 2.45) is 0 Å². The summed E-state index contributed by atoms with van der Waals surface area (Å²) in [5, 5.41) is 2.73. The van der Waals surface area contributed by atoms with Crippen molar-refractivity contribution < 1.29 is 27.4 Å². The van der Waals surface area contributed by atoms with Gasteiger partial charge >= 0.3 is 0 Å². The molecule has 2 aromatic carbocycles. The van der Waals surface area contributed by atoms with Crippen molar-refractivity contribution >= 4 is 21.6 Å². The molecule has 0 aliphatic carbocycles. The number of sulfonamides is 1. The van der Waals surface area contributed by atoms with E-state index in [0.29, 0.717) is 43.4 Å². The number of para-hydroxylation sites is 1. The van der Waals surface area contributed by atoms with Gasteiger partial charge in [-0.05, 0) is 44.2 Å². The highest BCUT2D eigenvalue weighted by molar-refractivity contribution is 7.89. The van der Waals surface area contributed by atoms with Crippen LogP contribution in [0.2, 0.25) is 0 Å². The summed E-state index contributed by atoms with van der Waals surface area (Å²) >= 11 is 0. The van der Waals surface area contributed by atoms with Crippen LogP contribution in [0.5, 0.6) is 11.5 Å². The number of hydrogen-bond donors (Lipinski definition) is 1. The lowest BCUT2D eigenvalue weighted by Gasteiger charge is -2.17. The average Bonchev–Trinajstić information content (AvgIpc) is 2.72. The highest BCUT2D eigenvalue weighted by Crippen LogP contribution is 2.30. The predicted octanol–water partition coefficient (Wildman–Crippen LogP) is 3.00. The second kappa shape index (κ2) is 11.0. The summed E-state index contributed by atoms with van der Waals surface area (Å²) in [5.74, 6) is 0.227. The van der Waals surface area contributed by atoms with E-state index in [2.05, 4.69) is 5.32 Å². The molecule has 9 heteroatoms. The monoisotopic (exact) mass is 436 g/mol. The van der Waals surface area contributed by atoms with Gasteiger partial charge in [0.25, 0.3) is 5.91 Å². The van der Waals surface area contributed by atoms with Gasteiger partial charge in [0, 0.05) is 26.4 Å². The van der Waals surface area contributed by atoms with E-state index in [4.69, 9.17) is 14.2 Å². The van der Waals surface area contributed by atoms with E-state index < -0.39 is 15.9 Å². The number of ether oxygens (including phenoxy) is 3. The zero-order valence-corrected chi connectivity index (χ0v) is 18.5. The first-order valence-electron chi connectivity index (χ1n) is 9.61. The predicted molar refractivity (Wildman–Crippen MR) is 115 cm³/mol. The van der Waals surface area contributed by atoms with Gasteiger partial charge in [-0.1, -0.05) is 12.1 Å². The molecule has 0 radical (unpaired) electrons. The Hall–Kier alpha value is -2.62. The Bertz CT molecular complexity index is 960. The summed E-state index contributed by atoms with van der Waals surface area (Å²) in [6.45, 7) is 5.28. The van der Waals surface area contributed by atoms with Crippen molar-refractivity contribution in [3.8, 4) is 11.5 Å². The molecular formula is C21H28N2O6S. The van der Waals surface area contributed by atoms with Crippen LogP contribution in [0.25, 0.3) is 0 Å². The highest BCUT2D eigenvalue weighted by Gasteiger charge is 2.23. The Labute approximate surface area is 177 Å². The van der Waals surface area contributed by atoms with Gasteiger partial charge in [0.1, 0.15) is 23.0 Å². The third-order valence-electron chi connectivity index (χ3n) is 4.08. The van der Waals surface area contributed by atoms with Gasteiger partial charge in [0.2, 0.25) is 10.0 Å². The molecule has 0 spiro atoms. The fraction of sp³-hybridized carbons (Fsp3) is 0.381. The van der Waals surface area contributed by atoms with Crippen LogP contribution < -0.4 is 14.8 Å². The van der Waals surface area contributed by atoms with Crippen LogP contribution in [-0.2, 0) is 14.8 Å². The van der Waals surface area contributed by atoms with Crippen molar-refractivity contribution in [2.75, 3.05) is 45.8 Å². The van der Waals surface area contributed by atoms with Gasteiger partial charge in [-0.25, -0.2) is 12.7 Å². The van der Waals surface area contributed by atoms with Crippen LogP contribution in [0, 0.1) is 0 Å². The average molecular weight is 437 g/mol.